The van der Waals surface area contributed by atoms with Gasteiger partial charge in [-0.15, -0.1) is 0 Å². The summed E-state index contributed by atoms with van der Waals surface area (Å²) >= 11 is 9.89. The van der Waals surface area contributed by atoms with Gasteiger partial charge in [0.15, 0.2) is 27.9 Å². The highest BCUT2D eigenvalue weighted by Gasteiger charge is 2.25. The first-order chi connectivity index (χ1) is 6.86. The molecule has 0 aromatic heterocycles. The Kier molecular flexibility index (Phi) is 3.51. The quantitative estimate of drug-likeness (QED) is 0.316. The third-order valence-electron chi connectivity index (χ3n) is 1.38. The first kappa shape index (κ1) is 12.2. The minimum Gasteiger partial charge on any atom is -0.219 e. The second-order valence-corrected chi connectivity index (χ2v) is 3.18. The molecule has 0 unspecified atom stereocenters. The Labute approximate surface area is 90.1 Å². The molecule has 0 spiro atoms. The Morgan fingerprint density at radius 3 is 1.40 bits per heavy atom. The first-order valence-electron chi connectivity index (χ1n) is 3.27. The number of nitrogens with zero attached hydrogens (tertiary/aromatic N) is 1. The summed E-state index contributed by atoms with van der Waals surface area (Å²) in [6.45, 7) is 0. The fourth-order valence-electron chi connectivity index (χ4n) is 0.776. The average molecular weight is 264 g/mol. The minimum absolute atomic E-state index is 0.877. The van der Waals surface area contributed by atoms with Gasteiger partial charge in [0, 0.05) is 0 Å². The van der Waals surface area contributed by atoms with Crippen LogP contribution in [0, 0.1) is 29.1 Å². The van der Waals surface area contributed by atoms with E-state index in [-0.39, 0.29) is 0 Å². The van der Waals surface area contributed by atoms with Crippen molar-refractivity contribution in [3.63, 3.8) is 0 Å². The third kappa shape index (κ3) is 2.21. The van der Waals surface area contributed by atoms with E-state index in [1.54, 1.807) is 0 Å². The van der Waals surface area contributed by atoms with E-state index in [1.165, 1.54) is 0 Å². The van der Waals surface area contributed by atoms with Gasteiger partial charge in [0.05, 0.1) is 0 Å². The molecule has 8 heteroatoms. The lowest BCUT2D eigenvalue weighted by atomic mass is 10.2. The predicted molar refractivity (Wildman–Crippen MR) is 45.0 cm³/mol. The van der Waals surface area contributed by atoms with Crippen molar-refractivity contribution < 1.29 is 22.0 Å². The van der Waals surface area contributed by atoms with Crippen LogP contribution in [0.15, 0.2) is 4.99 Å². The van der Waals surface area contributed by atoms with Gasteiger partial charge in [-0.25, -0.2) is 26.9 Å². The van der Waals surface area contributed by atoms with Gasteiger partial charge in [0.1, 0.15) is 5.69 Å². The van der Waals surface area contributed by atoms with Gasteiger partial charge in [-0.3, -0.25) is 0 Å². The lowest BCUT2D eigenvalue weighted by molar-refractivity contribution is 0.381. The van der Waals surface area contributed by atoms with Crippen molar-refractivity contribution >= 4 is 33.5 Å². The van der Waals surface area contributed by atoms with Crippen LogP contribution >= 0.6 is 23.2 Å². The topological polar surface area (TPSA) is 12.4 Å². The molecule has 0 radical (unpaired) electrons. The SMILES string of the molecule is Fc1c(F)c(F)c(N=C(Cl)Cl)c(F)c1F. The molecule has 0 saturated heterocycles. The molecule has 0 aliphatic heterocycles. The average Bonchev–Trinajstić information content (AvgIpc) is 2.18. The molecule has 1 aromatic carbocycles. The van der Waals surface area contributed by atoms with Gasteiger partial charge >= 0.3 is 0 Å². The van der Waals surface area contributed by atoms with E-state index >= 15 is 0 Å². The van der Waals surface area contributed by atoms with Gasteiger partial charge in [-0.1, -0.05) is 0 Å². The molecule has 0 aliphatic rings. The zero-order chi connectivity index (χ0) is 11.7. The molecule has 0 atom stereocenters. The summed E-state index contributed by atoms with van der Waals surface area (Å²) in [5.74, 6) is -10.7. The summed E-state index contributed by atoms with van der Waals surface area (Å²) in [6.07, 6.45) is 0. The molecule has 1 rings (SSSR count). The van der Waals surface area contributed by atoms with Crippen molar-refractivity contribution in [1.29, 1.82) is 0 Å². The van der Waals surface area contributed by atoms with Crippen LogP contribution in [0.1, 0.15) is 0 Å². The van der Waals surface area contributed by atoms with Crippen molar-refractivity contribution in [2.24, 2.45) is 4.99 Å². The highest BCUT2D eigenvalue weighted by molar-refractivity contribution is 6.95. The van der Waals surface area contributed by atoms with Crippen molar-refractivity contribution in [1.82, 2.24) is 0 Å². The van der Waals surface area contributed by atoms with E-state index in [9.17, 15) is 22.0 Å². The van der Waals surface area contributed by atoms with E-state index in [1.807, 2.05) is 0 Å². The molecule has 15 heavy (non-hydrogen) atoms. The van der Waals surface area contributed by atoms with Crippen molar-refractivity contribution in [3.05, 3.63) is 29.1 Å². The summed E-state index contributed by atoms with van der Waals surface area (Å²) in [5.41, 5.74) is -1.42. The van der Waals surface area contributed by atoms with Crippen molar-refractivity contribution in [2.45, 2.75) is 0 Å². The summed E-state index contributed by atoms with van der Waals surface area (Å²) in [7, 11) is 0. The maximum atomic E-state index is 12.8. The van der Waals surface area contributed by atoms with E-state index in [4.69, 9.17) is 23.2 Å². The maximum absolute atomic E-state index is 12.8. The standard InChI is InChI=1S/C7Cl2F5N/c8-7(9)15-6-4(13)2(11)1(10)3(12)5(6)14. The van der Waals surface area contributed by atoms with Gasteiger partial charge in [0.25, 0.3) is 0 Å². The van der Waals surface area contributed by atoms with Crippen LogP contribution < -0.4 is 0 Å². The number of aliphatic imine (C=N–C) groups is 1. The molecule has 82 valence electrons. The predicted octanol–water partition coefficient (Wildman–Crippen LogP) is 3.85. The number of rotatable bonds is 1. The summed E-state index contributed by atoms with van der Waals surface area (Å²) in [6, 6.07) is 0. The molecule has 0 heterocycles. The summed E-state index contributed by atoms with van der Waals surface area (Å²) in [4.78, 5) is 2.77. The van der Waals surface area contributed by atoms with E-state index in [0.29, 0.717) is 0 Å². The van der Waals surface area contributed by atoms with Crippen LogP contribution in [-0.2, 0) is 0 Å². The lowest BCUT2D eigenvalue weighted by Gasteiger charge is -2.03. The molecule has 0 fully saturated rings. The monoisotopic (exact) mass is 263 g/mol. The smallest absolute Gasteiger partial charge is 0.200 e. The summed E-state index contributed by atoms with van der Waals surface area (Å²) < 4.78 is 62.3. The van der Waals surface area contributed by atoms with E-state index in [0.717, 1.165) is 0 Å². The zero-order valence-corrected chi connectivity index (χ0v) is 8.10. The molecular weight excluding hydrogens is 264 g/mol. The molecule has 0 N–H and O–H groups in total. The Hall–Kier alpha value is -0.880. The molecular formula is C7Cl2F5N. The second-order valence-electron chi connectivity index (χ2n) is 2.27. The number of hydrogen-bond donors (Lipinski definition) is 0. The van der Waals surface area contributed by atoms with Crippen LogP contribution in [0.2, 0.25) is 0 Å². The fraction of sp³-hybridized carbons (Fsp3) is 0. The van der Waals surface area contributed by atoms with Crippen LogP contribution in [0.25, 0.3) is 0 Å². The highest BCUT2D eigenvalue weighted by atomic mass is 35.5. The number of halogens is 7. The summed E-state index contributed by atoms with van der Waals surface area (Å²) in [5, 5.41) is 0. The van der Waals surface area contributed by atoms with Gasteiger partial charge in [-0.05, 0) is 23.2 Å². The third-order valence-corrected chi connectivity index (χ3v) is 1.55. The fourth-order valence-corrected chi connectivity index (χ4v) is 0.945. The van der Waals surface area contributed by atoms with Crippen molar-refractivity contribution in [2.75, 3.05) is 0 Å². The van der Waals surface area contributed by atoms with Gasteiger partial charge < -0.3 is 0 Å². The van der Waals surface area contributed by atoms with Crippen LogP contribution in [0.3, 0.4) is 0 Å². The van der Waals surface area contributed by atoms with Crippen LogP contribution in [-0.4, -0.2) is 4.63 Å². The molecule has 0 aliphatic carbocycles. The number of hydrogen-bond acceptors (Lipinski definition) is 1. The van der Waals surface area contributed by atoms with Crippen LogP contribution in [0.4, 0.5) is 27.6 Å². The lowest BCUT2D eigenvalue weighted by Crippen LogP contribution is -2.00. The largest absolute Gasteiger partial charge is 0.219 e. The van der Waals surface area contributed by atoms with Gasteiger partial charge in [0.2, 0.25) is 5.82 Å². The zero-order valence-electron chi connectivity index (χ0n) is 6.59. The molecule has 1 aromatic rings. The minimum atomic E-state index is -2.27. The Bertz CT molecular complexity index is 412. The van der Waals surface area contributed by atoms with E-state index < -0.39 is 39.4 Å². The Balaban J connectivity index is 3.60. The Morgan fingerprint density at radius 2 is 1.07 bits per heavy atom. The normalized spacial score (nSPS) is 10.3. The molecule has 1 nitrogen and oxygen atoms in total. The number of benzene rings is 1. The second kappa shape index (κ2) is 4.32. The molecule has 0 saturated carbocycles. The molecule has 0 bridgehead atoms. The van der Waals surface area contributed by atoms with Crippen LogP contribution in [0.5, 0.6) is 0 Å². The van der Waals surface area contributed by atoms with Crippen molar-refractivity contribution in [3.8, 4) is 0 Å². The first-order valence-corrected chi connectivity index (χ1v) is 4.03. The maximum Gasteiger partial charge on any atom is 0.200 e. The van der Waals surface area contributed by atoms with E-state index in [2.05, 4.69) is 4.99 Å². The molecule has 0 amide bonds. The highest BCUT2D eigenvalue weighted by Crippen LogP contribution is 2.29. The van der Waals surface area contributed by atoms with Gasteiger partial charge in [-0.2, -0.15) is 0 Å². The Morgan fingerprint density at radius 1 is 0.733 bits per heavy atom.